The molecule has 0 spiro atoms. The summed E-state index contributed by atoms with van der Waals surface area (Å²) < 4.78 is 27.6. The minimum absolute atomic E-state index is 0.0496. The molecule has 4 nitrogen and oxygen atoms in total. The maximum Gasteiger partial charge on any atom is 0.240 e. The minimum Gasteiger partial charge on any atom is -0.316 e. The highest BCUT2D eigenvalue weighted by molar-refractivity contribution is 7.89. The van der Waals surface area contributed by atoms with Crippen molar-refractivity contribution in [2.24, 2.45) is 5.92 Å². The topological polar surface area (TPSA) is 58.2 Å². The van der Waals surface area contributed by atoms with Crippen molar-refractivity contribution in [3.63, 3.8) is 0 Å². The van der Waals surface area contributed by atoms with Gasteiger partial charge >= 0.3 is 0 Å². The summed E-state index contributed by atoms with van der Waals surface area (Å²) in [5.74, 6) is 0.582. The van der Waals surface area contributed by atoms with Gasteiger partial charge in [-0.25, -0.2) is 13.1 Å². The Morgan fingerprint density at radius 1 is 1.14 bits per heavy atom. The van der Waals surface area contributed by atoms with Gasteiger partial charge < -0.3 is 5.32 Å². The smallest absolute Gasteiger partial charge is 0.240 e. The number of hydrogen-bond acceptors (Lipinski definition) is 3. The van der Waals surface area contributed by atoms with Crippen molar-refractivity contribution >= 4 is 10.0 Å². The number of hydrogen-bond donors (Lipinski definition) is 2. The van der Waals surface area contributed by atoms with Crippen LogP contribution in [0.15, 0.2) is 23.1 Å². The summed E-state index contributed by atoms with van der Waals surface area (Å²) in [6, 6.07) is 5.24. The van der Waals surface area contributed by atoms with Gasteiger partial charge in [0.2, 0.25) is 10.0 Å². The highest BCUT2D eigenvalue weighted by Gasteiger charge is 2.18. The number of aryl methyl sites for hydroxylation is 1. The first-order chi connectivity index (χ1) is 9.76. The molecular formula is C16H28N2O2S. The highest BCUT2D eigenvalue weighted by atomic mass is 32.2. The van der Waals surface area contributed by atoms with Crippen molar-refractivity contribution in [1.82, 2.24) is 10.0 Å². The van der Waals surface area contributed by atoms with Crippen molar-refractivity contribution in [2.75, 3.05) is 7.05 Å². The highest BCUT2D eigenvalue weighted by Crippen LogP contribution is 2.17. The number of sulfonamides is 1. The van der Waals surface area contributed by atoms with Crippen LogP contribution >= 0.6 is 0 Å². The monoisotopic (exact) mass is 312 g/mol. The van der Waals surface area contributed by atoms with Gasteiger partial charge in [-0.1, -0.05) is 19.9 Å². The zero-order valence-corrected chi connectivity index (χ0v) is 14.5. The van der Waals surface area contributed by atoms with Crippen LogP contribution in [0.3, 0.4) is 0 Å². The molecule has 0 aromatic heterocycles. The summed E-state index contributed by atoms with van der Waals surface area (Å²) in [5.41, 5.74) is 2.10. The van der Waals surface area contributed by atoms with E-state index in [1.165, 1.54) is 0 Å². The van der Waals surface area contributed by atoms with Gasteiger partial charge in [-0.15, -0.1) is 0 Å². The molecular weight excluding hydrogens is 284 g/mol. The predicted molar refractivity (Wildman–Crippen MR) is 87.8 cm³/mol. The van der Waals surface area contributed by atoms with E-state index in [2.05, 4.69) is 23.9 Å². The van der Waals surface area contributed by atoms with E-state index in [9.17, 15) is 8.42 Å². The third-order valence-electron chi connectivity index (χ3n) is 3.53. The van der Waals surface area contributed by atoms with E-state index >= 15 is 0 Å². The van der Waals surface area contributed by atoms with Crippen molar-refractivity contribution < 1.29 is 8.42 Å². The van der Waals surface area contributed by atoms with Crippen LogP contribution < -0.4 is 10.0 Å². The summed E-state index contributed by atoms with van der Waals surface area (Å²) in [7, 11) is -1.59. The van der Waals surface area contributed by atoms with E-state index in [4.69, 9.17) is 0 Å². The SMILES string of the molecule is CNCc1cc(S(=O)(=O)NC(C)CCC(C)C)ccc1C. The fraction of sp³-hybridized carbons (Fsp3) is 0.625. The molecule has 0 saturated heterocycles. The fourth-order valence-corrected chi connectivity index (χ4v) is 3.50. The summed E-state index contributed by atoms with van der Waals surface area (Å²) in [5, 5.41) is 3.06. The van der Waals surface area contributed by atoms with Gasteiger partial charge in [0, 0.05) is 12.6 Å². The van der Waals surface area contributed by atoms with Crippen LogP contribution in [0.2, 0.25) is 0 Å². The molecule has 2 N–H and O–H groups in total. The number of benzene rings is 1. The lowest BCUT2D eigenvalue weighted by molar-refractivity contribution is 0.485. The van der Waals surface area contributed by atoms with Gasteiger partial charge in [-0.05, 0) is 62.9 Å². The quantitative estimate of drug-likeness (QED) is 0.776. The van der Waals surface area contributed by atoms with E-state index in [0.29, 0.717) is 17.4 Å². The molecule has 5 heteroatoms. The van der Waals surface area contributed by atoms with Gasteiger partial charge in [-0.3, -0.25) is 0 Å². The second-order valence-electron chi connectivity index (χ2n) is 6.11. The molecule has 0 bridgehead atoms. The zero-order chi connectivity index (χ0) is 16.0. The van der Waals surface area contributed by atoms with Crippen LogP contribution in [0.1, 0.15) is 44.7 Å². The summed E-state index contributed by atoms with van der Waals surface area (Å²) >= 11 is 0. The van der Waals surface area contributed by atoms with E-state index in [1.807, 2.05) is 27.0 Å². The second kappa shape index (κ2) is 7.92. The first-order valence-corrected chi connectivity index (χ1v) is 9.01. The van der Waals surface area contributed by atoms with Crippen LogP contribution in [0.25, 0.3) is 0 Å². The molecule has 0 amide bonds. The van der Waals surface area contributed by atoms with Crippen LogP contribution in [0.4, 0.5) is 0 Å². The molecule has 120 valence electrons. The Morgan fingerprint density at radius 3 is 2.38 bits per heavy atom. The minimum atomic E-state index is -3.44. The molecule has 1 aromatic rings. The van der Waals surface area contributed by atoms with Crippen LogP contribution in [0, 0.1) is 12.8 Å². The second-order valence-corrected chi connectivity index (χ2v) is 7.83. The first-order valence-electron chi connectivity index (χ1n) is 7.52. The molecule has 1 rings (SSSR count). The third kappa shape index (κ3) is 5.77. The Hall–Kier alpha value is -0.910. The molecule has 1 unspecified atom stereocenters. The standard InChI is InChI=1S/C16H28N2O2S/c1-12(2)6-8-14(4)18-21(19,20)16-9-7-13(3)15(10-16)11-17-5/h7,9-10,12,14,17-18H,6,8,11H2,1-5H3. The normalized spacial score (nSPS) is 13.6. The van der Waals surface area contributed by atoms with E-state index in [0.717, 1.165) is 24.0 Å². The van der Waals surface area contributed by atoms with Crippen molar-refractivity contribution in [1.29, 1.82) is 0 Å². The van der Waals surface area contributed by atoms with E-state index in [-0.39, 0.29) is 6.04 Å². The van der Waals surface area contributed by atoms with Gasteiger partial charge in [0.15, 0.2) is 0 Å². The van der Waals surface area contributed by atoms with Crippen molar-refractivity contribution in [2.45, 2.75) is 58.0 Å². The van der Waals surface area contributed by atoms with Gasteiger partial charge in [0.05, 0.1) is 4.90 Å². The average molecular weight is 312 g/mol. The maximum absolute atomic E-state index is 12.4. The Bertz CT molecular complexity index is 553. The molecule has 1 aromatic carbocycles. The lowest BCUT2D eigenvalue weighted by atomic mass is 10.1. The number of nitrogens with one attached hydrogen (secondary N) is 2. The molecule has 0 aliphatic rings. The average Bonchev–Trinajstić information content (AvgIpc) is 2.38. The molecule has 21 heavy (non-hydrogen) atoms. The van der Waals surface area contributed by atoms with Crippen LogP contribution in [-0.2, 0) is 16.6 Å². The maximum atomic E-state index is 12.4. The fourth-order valence-electron chi connectivity index (χ4n) is 2.17. The Labute approximate surface area is 129 Å². The summed E-state index contributed by atoms with van der Waals surface area (Å²) in [6.45, 7) is 8.86. The third-order valence-corrected chi connectivity index (χ3v) is 5.12. The van der Waals surface area contributed by atoms with Gasteiger partial charge in [0.25, 0.3) is 0 Å². The lowest BCUT2D eigenvalue weighted by Gasteiger charge is -2.16. The van der Waals surface area contributed by atoms with Crippen molar-refractivity contribution in [3.8, 4) is 0 Å². The lowest BCUT2D eigenvalue weighted by Crippen LogP contribution is -2.33. The van der Waals surface area contributed by atoms with E-state index in [1.54, 1.807) is 12.1 Å². The Morgan fingerprint density at radius 2 is 1.81 bits per heavy atom. The van der Waals surface area contributed by atoms with Crippen molar-refractivity contribution in [3.05, 3.63) is 29.3 Å². The predicted octanol–water partition coefficient (Wildman–Crippen LogP) is 2.82. The molecule has 0 fully saturated rings. The van der Waals surface area contributed by atoms with Crippen LogP contribution in [-0.4, -0.2) is 21.5 Å². The molecule has 0 saturated carbocycles. The molecule has 0 aliphatic heterocycles. The molecule has 0 heterocycles. The van der Waals surface area contributed by atoms with E-state index < -0.39 is 10.0 Å². The molecule has 1 atom stereocenters. The first kappa shape index (κ1) is 18.1. The van der Waals surface area contributed by atoms with Gasteiger partial charge in [-0.2, -0.15) is 0 Å². The summed E-state index contributed by atoms with van der Waals surface area (Å²) in [6.07, 6.45) is 1.87. The van der Waals surface area contributed by atoms with Gasteiger partial charge in [0.1, 0.15) is 0 Å². The number of rotatable bonds is 8. The summed E-state index contributed by atoms with van der Waals surface area (Å²) in [4.78, 5) is 0.342. The molecule has 0 radical (unpaired) electrons. The Kier molecular flexibility index (Phi) is 6.84. The largest absolute Gasteiger partial charge is 0.316 e. The zero-order valence-electron chi connectivity index (χ0n) is 13.7. The Balaban J connectivity index is 2.85. The van der Waals surface area contributed by atoms with Crippen LogP contribution in [0.5, 0.6) is 0 Å². The molecule has 0 aliphatic carbocycles.